The van der Waals surface area contributed by atoms with E-state index in [9.17, 15) is 22.8 Å². The number of hydrogen-bond donors (Lipinski definition) is 1. The number of thioether (sulfide) groups is 1. The van der Waals surface area contributed by atoms with Gasteiger partial charge in [0.25, 0.3) is 0 Å². The molecule has 1 atom stereocenters. The van der Waals surface area contributed by atoms with Crippen molar-refractivity contribution in [2.24, 2.45) is 0 Å². The van der Waals surface area contributed by atoms with E-state index in [1.165, 1.54) is 23.9 Å². The fraction of sp³-hybridized carbons (Fsp3) is 0.357. The van der Waals surface area contributed by atoms with Crippen LogP contribution in [-0.2, 0) is 15.8 Å². The molecule has 1 aromatic rings. The molecular weight excluding hydrogens is 349 g/mol. The first-order valence-corrected chi connectivity index (χ1v) is 8.01. The molecule has 0 bridgehead atoms. The minimum atomic E-state index is -4.58. The predicted octanol–water partition coefficient (Wildman–Crippen LogP) is 3.28. The second-order valence-corrected chi connectivity index (χ2v) is 6.63. The van der Waals surface area contributed by atoms with Gasteiger partial charge >= 0.3 is 6.18 Å². The highest BCUT2D eigenvalue weighted by atomic mass is 32.2. The molecule has 0 spiro atoms. The lowest BCUT2D eigenvalue weighted by Crippen LogP contribution is -2.38. The number of para-hydroxylation sites is 1. The quantitative estimate of drug-likeness (QED) is 0.835. The number of thiocarbonyl (C=S) groups is 1. The molecule has 124 valence electrons. The molecule has 0 saturated carbocycles. The van der Waals surface area contributed by atoms with Crippen LogP contribution >= 0.6 is 24.0 Å². The van der Waals surface area contributed by atoms with Gasteiger partial charge in [-0.25, -0.2) is 0 Å². The van der Waals surface area contributed by atoms with Crippen LogP contribution in [0.4, 0.5) is 18.9 Å². The van der Waals surface area contributed by atoms with Gasteiger partial charge in [-0.3, -0.25) is 14.5 Å². The zero-order chi connectivity index (χ0) is 17.2. The molecule has 2 amide bonds. The first-order valence-electron chi connectivity index (χ1n) is 6.72. The van der Waals surface area contributed by atoms with E-state index in [0.717, 1.165) is 17.0 Å². The van der Waals surface area contributed by atoms with Gasteiger partial charge in [-0.05, 0) is 18.6 Å². The molecule has 1 aromatic carbocycles. The van der Waals surface area contributed by atoms with Crippen molar-refractivity contribution in [3.8, 4) is 0 Å². The number of amides is 2. The average Bonchev–Trinajstić information content (AvgIpc) is 2.74. The summed E-state index contributed by atoms with van der Waals surface area (Å²) in [5.41, 5.74) is -1.29. The van der Waals surface area contributed by atoms with Crippen molar-refractivity contribution in [2.75, 3.05) is 11.9 Å². The van der Waals surface area contributed by atoms with Gasteiger partial charge < -0.3 is 5.32 Å². The number of benzene rings is 1. The van der Waals surface area contributed by atoms with Crippen LogP contribution in [0.3, 0.4) is 0 Å². The van der Waals surface area contributed by atoms with E-state index in [1.807, 2.05) is 6.92 Å². The summed E-state index contributed by atoms with van der Waals surface area (Å²) >= 11 is 6.22. The highest BCUT2D eigenvalue weighted by Gasteiger charge is 2.37. The number of alkyl halides is 3. The monoisotopic (exact) mass is 362 g/mol. The van der Waals surface area contributed by atoms with Crippen molar-refractivity contribution >= 4 is 45.8 Å². The Morgan fingerprint density at radius 2 is 2.04 bits per heavy atom. The smallest absolute Gasteiger partial charge is 0.324 e. The van der Waals surface area contributed by atoms with E-state index in [0.29, 0.717) is 6.42 Å². The minimum absolute atomic E-state index is 0.265. The zero-order valence-electron chi connectivity index (χ0n) is 12.0. The van der Waals surface area contributed by atoms with E-state index in [4.69, 9.17) is 12.2 Å². The number of halogens is 3. The van der Waals surface area contributed by atoms with Crippen LogP contribution in [0, 0.1) is 0 Å². The van der Waals surface area contributed by atoms with E-state index >= 15 is 0 Å². The van der Waals surface area contributed by atoms with Crippen LogP contribution in [-0.4, -0.2) is 32.8 Å². The summed E-state index contributed by atoms with van der Waals surface area (Å²) in [5.74, 6) is -1.02. The lowest BCUT2D eigenvalue weighted by atomic mass is 10.1. The van der Waals surface area contributed by atoms with Crippen LogP contribution in [0.2, 0.25) is 0 Å². The molecule has 1 aliphatic heterocycles. The van der Waals surface area contributed by atoms with Crippen LogP contribution in [0.25, 0.3) is 0 Å². The molecule has 1 N–H and O–H groups in total. The molecule has 9 heteroatoms. The molecule has 23 heavy (non-hydrogen) atoms. The molecule has 0 aromatic heterocycles. The molecule has 1 saturated heterocycles. The van der Waals surface area contributed by atoms with E-state index in [2.05, 4.69) is 5.32 Å². The number of carbonyl (C=O) groups is 2. The first-order chi connectivity index (χ1) is 10.7. The van der Waals surface area contributed by atoms with Crippen molar-refractivity contribution in [2.45, 2.75) is 24.8 Å². The van der Waals surface area contributed by atoms with Gasteiger partial charge in [0.1, 0.15) is 10.9 Å². The highest BCUT2D eigenvalue weighted by Crippen LogP contribution is 2.34. The maximum atomic E-state index is 12.9. The maximum absolute atomic E-state index is 12.9. The Morgan fingerprint density at radius 3 is 2.61 bits per heavy atom. The fourth-order valence-electron chi connectivity index (χ4n) is 2.07. The van der Waals surface area contributed by atoms with Crippen molar-refractivity contribution in [3.63, 3.8) is 0 Å². The summed E-state index contributed by atoms with van der Waals surface area (Å²) in [6, 6.07) is 4.66. The number of rotatable bonds is 4. The summed E-state index contributed by atoms with van der Waals surface area (Å²) in [7, 11) is 0. The van der Waals surface area contributed by atoms with E-state index < -0.39 is 24.2 Å². The lowest BCUT2D eigenvalue weighted by Gasteiger charge is -2.17. The number of nitrogens with zero attached hydrogens (tertiary/aromatic N) is 1. The van der Waals surface area contributed by atoms with Gasteiger partial charge in [0.2, 0.25) is 11.8 Å². The molecule has 0 radical (unpaired) electrons. The van der Waals surface area contributed by atoms with Crippen LogP contribution in [0.5, 0.6) is 0 Å². The Balaban J connectivity index is 2.10. The Bertz CT molecular complexity index is 649. The standard InChI is InChI=1S/C14H13F3N2O2S2/c1-2-10-12(21)19(13(22)23-10)7-11(20)18-9-6-4-3-5-8(9)14(15,16)17/h3-6,10H,2,7H2,1H3,(H,18,20). The van der Waals surface area contributed by atoms with Crippen molar-refractivity contribution in [1.29, 1.82) is 0 Å². The average molecular weight is 362 g/mol. The summed E-state index contributed by atoms with van der Waals surface area (Å²) < 4.78 is 38.9. The molecule has 1 fully saturated rings. The van der Waals surface area contributed by atoms with Gasteiger partial charge in [-0.15, -0.1) is 0 Å². The Kier molecular flexibility index (Phi) is 5.30. The van der Waals surface area contributed by atoms with Crippen LogP contribution < -0.4 is 5.32 Å². The number of hydrogen-bond acceptors (Lipinski definition) is 4. The predicted molar refractivity (Wildman–Crippen MR) is 86.1 cm³/mol. The second-order valence-electron chi connectivity index (χ2n) is 4.80. The van der Waals surface area contributed by atoms with Gasteiger partial charge in [0.15, 0.2) is 0 Å². The first kappa shape index (κ1) is 17.7. The molecular formula is C14H13F3N2O2S2. The number of nitrogens with one attached hydrogen (secondary N) is 1. The lowest BCUT2D eigenvalue weighted by molar-refractivity contribution is -0.137. The molecule has 1 aliphatic rings. The second kappa shape index (κ2) is 6.88. The van der Waals surface area contributed by atoms with Crippen molar-refractivity contribution < 1.29 is 22.8 Å². The summed E-state index contributed by atoms with van der Waals surface area (Å²) in [4.78, 5) is 25.1. The van der Waals surface area contributed by atoms with Gasteiger partial charge in [-0.2, -0.15) is 13.2 Å². The third kappa shape index (κ3) is 4.03. The SMILES string of the molecule is CCC1SC(=S)N(CC(=O)Nc2ccccc2C(F)(F)F)C1=O. The highest BCUT2D eigenvalue weighted by molar-refractivity contribution is 8.24. The van der Waals surface area contributed by atoms with E-state index in [-0.39, 0.29) is 21.2 Å². The Morgan fingerprint density at radius 1 is 1.39 bits per heavy atom. The third-order valence-electron chi connectivity index (χ3n) is 3.18. The number of anilines is 1. The van der Waals surface area contributed by atoms with E-state index in [1.54, 1.807) is 0 Å². The largest absolute Gasteiger partial charge is 0.418 e. The summed E-state index contributed by atoms with van der Waals surface area (Å²) in [6.07, 6.45) is -4.01. The normalized spacial score (nSPS) is 18.4. The zero-order valence-corrected chi connectivity index (χ0v) is 13.6. The third-order valence-corrected chi connectivity index (χ3v) is 4.93. The molecule has 1 heterocycles. The van der Waals surface area contributed by atoms with Crippen molar-refractivity contribution in [1.82, 2.24) is 4.90 Å². The van der Waals surface area contributed by atoms with Crippen LogP contribution in [0.1, 0.15) is 18.9 Å². The molecule has 1 unspecified atom stereocenters. The topological polar surface area (TPSA) is 49.4 Å². The fourth-order valence-corrected chi connectivity index (χ4v) is 3.50. The van der Waals surface area contributed by atoms with Crippen LogP contribution in [0.15, 0.2) is 24.3 Å². The van der Waals surface area contributed by atoms with Crippen molar-refractivity contribution in [3.05, 3.63) is 29.8 Å². The minimum Gasteiger partial charge on any atom is -0.324 e. The number of carbonyl (C=O) groups excluding carboxylic acids is 2. The molecule has 0 aliphatic carbocycles. The summed E-state index contributed by atoms with van der Waals surface area (Å²) in [6.45, 7) is 1.43. The summed E-state index contributed by atoms with van der Waals surface area (Å²) in [5, 5.41) is 1.86. The maximum Gasteiger partial charge on any atom is 0.418 e. The van der Waals surface area contributed by atoms with Gasteiger partial charge in [0.05, 0.1) is 16.5 Å². The Hall–Kier alpha value is -1.61. The van der Waals surface area contributed by atoms with Gasteiger partial charge in [-0.1, -0.05) is 43.0 Å². The molecule has 4 nitrogen and oxygen atoms in total. The molecule has 2 rings (SSSR count). The van der Waals surface area contributed by atoms with Gasteiger partial charge in [0, 0.05) is 0 Å². The Labute approximate surface area is 140 Å².